The molecule has 1 aromatic heterocycles. The van der Waals surface area contributed by atoms with E-state index in [0.717, 1.165) is 42.0 Å². The summed E-state index contributed by atoms with van der Waals surface area (Å²) in [6, 6.07) is 12.5. The summed E-state index contributed by atoms with van der Waals surface area (Å²) in [6.07, 6.45) is 3.53. The maximum absolute atomic E-state index is 13.0. The number of hydrogen-bond donors (Lipinski definition) is 2. The molecule has 1 saturated carbocycles. The predicted octanol–water partition coefficient (Wildman–Crippen LogP) is 4.52. The van der Waals surface area contributed by atoms with E-state index in [-0.39, 0.29) is 23.9 Å². The van der Waals surface area contributed by atoms with Gasteiger partial charge in [-0.1, -0.05) is 30.5 Å². The summed E-state index contributed by atoms with van der Waals surface area (Å²) in [6.45, 7) is 2.32. The first-order valence-electron chi connectivity index (χ1n) is 11.9. The van der Waals surface area contributed by atoms with Gasteiger partial charge < -0.3 is 24.8 Å². The number of nitrogens with one attached hydrogen (secondary N) is 2. The van der Waals surface area contributed by atoms with Crippen LogP contribution in [0, 0.1) is 6.92 Å². The number of aromatic nitrogens is 1. The molecule has 1 fully saturated rings. The van der Waals surface area contributed by atoms with Crippen molar-refractivity contribution < 1.29 is 23.8 Å². The Labute approximate surface area is 215 Å². The SMILES string of the molecule is COc1cc(OC)cc(C(=O)N[C@H]2CCCC[C@@H]2NC(=O)c2csc(COc3ccc(C)cc3)n2)c1. The number of ether oxygens (including phenoxy) is 3. The third-order valence-corrected chi connectivity index (χ3v) is 7.00. The van der Waals surface area contributed by atoms with E-state index in [2.05, 4.69) is 15.6 Å². The van der Waals surface area contributed by atoms with Crippen molar-refractivity contribution in [3.63, 3.8) is 0 Å². The van der Waals surface area contributed by atoms with E-state index in [1.807, 2.05) is 31.2 Å². The highest BCUT2D eigenvalue weighted by molar-refractivity contribution is 7.09. The van der Waals surface area contributed by atoms with Crippen LogP contribution in [0.15, 0.2) is 47.8 Å². The fourth-order valence-electron chi connectivity index (χ4n) is 4.17. The Morgan fingerprint density at radius 2 is 1.53 bits per heavy atom. The monoisotopic (exact) mass is 509 g/mol. The van der Waals surface area contributed by atoms with Crippen molar-refractivity contribution in [1.82, 2.24) is 15.6 Å². The predicted molar refractivity (Wildman–Crippen MR) is 138 cm³/mol. The Morgan fingerprint density at radius 1 is 0.917 bits per heavy atom. The Hall–Kier alpha value is -3.59. The summed E-state index contributed by atoms with van der Waals surface area (Å²) in [4.78, 5) is 30.4. The van der Waals surface area contributed by atoms with Gasteiger partial charge >= 0.3 is 0 Å². The van der Waals surface area contributed by atoms with E-state index < -0.39 is 0 Å². The number of thiazole rings is 1. The molecule has 2 atom stereocenters. The molecule has 0 aliphatic heterocycles. The second-order valence-corrected chi connectivity index (χ2v) is 9.72. The van der Waals surface area contributed by atoms with Crippen molar-refractivity contribution in [2.24, 2.45) is 0 Å². The first kappa shape index (κ1) is 25.5. The second kappa shape index (κ2) is 11.9. The van der Waals surface area contributed by atoms with Gasteiger partial charge in [0.1, 0.15) is 34.6 Å². The molecular weight excluding hydrogens is 478 g/mol. The lowest BCUT2D eigenvalue weighted by atomic mass is 9.90. The zero-order valence-electron chi connectivity index (χ0n) is 20.7. The quantitative estimate of drug-likeness (QED) is 0.440. The molecule has 36 heavy (non-hydrogen) atoms. The minimum absolute atomic E-state index is 0.184. The van der Waals surface area contributed by atoms with Crippen molar-refractivity contribution in [2.75, 3.05) is 14.2 Å². The van der Waals surface area contributed by atoms with E-state index in [1.54, 1.807) is 37.8 Å². The van der Waals surface area contributed by atoms with Gasteiger partial charge in [0.25, 0.3) is 11.8 Å². The van der Waals surface area contributed by atoms with Gasteiger partial charge in [-0.3, -0.25) is 9.59 Å². The second-order valence-electron chi connectivity index (χ2n) is 8.77. The third kappa shape index (κ3) is 6.54. The van der Waals surface area contributed by atoms with Gasteiger partial charge in [-0.2, -0.15) is 0 Å². The normalized spacial score (nSPS) is 17.2. The van der Waals surface area contributed by atoms with Crippen LogP contribution in [0.1, 0.15) is 57.1 Å². The minimum Gasteiger partial charge on any atom is -0.497 e. The van der Waals surface area contributed by atoms with Gasteiger partial charge in [0.05, 0.1) is 14.2 Å². The molecule has 2 N–H and O–H groups in total. The molecule has 1 heterocycles. The summed E-state index contributed by atoms with van der Waals surface area (Å²) in [5.74, 6) is 1.36. The highest BCUT2D eigenvalue weighted by atomic mass is 32.1. The summed E-state index contributed by atoms with van der Waals surface area (Å²) >= 11 is 1.39. The number of hydrogen-bond acceptors (Lipinski definition) is 7. The van der Waals surface area contributed by atoms with Gasteiger partial charge in [-0.25, -0.2) is 4.98 Å². The highest BCUT2D eigenvalue weighted by Gasteiger charge is 2.29. The largest absolute Gasteiger partial charge is 0.497 e. The zero-order valence-corrected chi connectivity index (χ0v) is 21.5. The molecule has 0 saturated heterocycles. The number of aryl methyl sites for hydroxylation is 1. The van der Waals surface area contributed by atoms with E-state index in [1.165, 1.54) is 11.3 Å². The summed E-state index contributed by atoms with van der Waals surface area (Å²) in [7, 11) is 3.09. The standard InChI is InChI=1S/C27H31N3O5S/c1-17-8-10-19(11-9-17)35-15-25-28-24(16-36-25)27(32)30-23-7-5-4-6-22(23)29-26(31)18-12-20(33-2)14-21(13-18)34-3/h8-14,16,22-23H,4-7,15H2,1-3H3,(H,29,31)(H,30,32)/t22-,23-/m0/s1. The van der Waals surface area contributed by atoms with Gasteiger partial charge in [0.15, 0.2) is 0 Å². The molecule has 4 rings (SSSR count). The number of rotatable bonds is 9. The molecule has 190 valence electrons. The zero-order chi connectivity index (χ0) is 25.5. The Bertz CT molecular complexity index is 1170. The van der Waals surface area contributed by atoms with Crippen LogP contribution in [0.5, 0.6) is 17.2 Å². The van der Waals surface area contributed by atoms with E-state index >= 15 is 0 Å². The fraction of sp³-hybridized carbons (Fsp3) is 0.370. The first-order chi connectivity index (χ1) is 17.4. The lowest BCUT2D eigenvalue weighted by Crippen LogP contribution is -2.53. The minimum atomic E-state index is -0.248. The van der Waals surface area contributed by atoms with Crippen LogP contribution in [0.4, 0.5) is 0 Å². The van der Waals surface area contributed by atoms with Gasteiger partial charge in [-0.15, -0.1) is 11.3 Å². The van der Waals surface area contributed by atoms with E-state index in [9.17, 15) is 9.59 Å². The number of benzene rings is 2. The third-order valence-electron chi connectivity index (χ3n) is 6.18. The molecular formula is C27H31N3O5S. The van der Waals surface area contributed by atoms with Crippen molar-refractivity contribution in [3.05, 3.63) is 69.7 Å². The molecule has 0 bridgehead atoms. The maximum atomic E-state index is 13.0. The van der Waals surface area contributed by atoms with Crippen molar-refractivity contribution >= 4 is 23.2 Å². The fourth-order valence-corrected chi connectivity index (χ4v) is 4.86. The smallest absolute Gasteiger partial charge is 0.271 e. The Balaban J connectivity index is 1.36. The van der Waals surface area contributed by atoms with E-state index in [0.29, 0.717) is 29.4 Å². The number of nitrogens with zero attached hydrogens (tertiary/aromatic N) is 1. The average molecular weight is 510 g/mol. The van der Waals surface area contributed by atoms with Gasteiger partial charge in [-0.05, 0) is 44.0 Å². The summed E-state index contributed by atoms with van der Waals surface area (Å²) in [5, 5.41) is 8.63. The highest BCUT2D eigenvalue weighted by Crippen LogP contribution is 2.24. The van der Waals surface area contributed by atoms with Crippen LogP contribution in [-0.4, -0.2) is 43.1 Å². The molecule has 9 heteroatoms. The van der Waals surface area contributed by atoms with E-state index in [4.69, 9.17) is 14.2 Å². The molecule has 1 aliphatic carbocycles. The molecule has 8 nitrogen and oxygen atoms in total. The molecule has 2 amide bonds. The van der Waals surface area contributed by atoms with Crippen LogP contribution in [-0.2, 0) is 6.61 Å². The number of amides is 2. The first-order valence-corrected chi connectivity index (χ1v) is 12.8. The van der Waals surface area contributed by atoms with Crippen LogP contribution in [0.25, 0.3) is 0 Å². The molecule has 2 aromatic carbocycles. The molecule has 0 unspecified atom stereocenters. The van der Waals surface area contributed by atoms with Gasteiger partial charge in [0, 0.05) is 29.1 Å². The Kier molecular flexibility index (Phi) is 8.43. The topological polar surface area (TPSA) is 98.8 Å². The molecule has 1 aliphatic rings. The lowest BCUT2D eigenvalue weighted by Gasteiger charge is -2.32. The van der Waals surface area contributed by atoms with Crippen LogP contribution in [0.3, 0.4) is 0 Å². The van der Waals surface area contributed by atoms with Crippen LogP contribution < -0.4 is 24.8 Å². The Morgan fingerprint density at radius 3 is 2.14 bits per heavy atom. The van der Waals surface area contributed by atoms with Crippen molar-refractivity contribution in [2.45, 2.75) is 51.3 Å². The number of carbonyl (C=O) groups is 2. The van der Waals surface area contributed by atoms with Crippen LogP contribution >= 0.6 is 11.3 Å². The summed E-state index contributed by atoms with van der Waals surface area (Å²) in [5.41, 5.74) is 1.96. The average Bonchev–Trinajstić information content (AvgIpc) is 3.38. The lowest BCUT2D eigenvalue weighted by molar-refractivity contribution is 0.0860. The summed E-state index contributed by atoms with van der Waals surface area (Å²) < 4.78 is 16.3. The van der Waals surface area contributed by atoms with Crippen molar-refractivity contribution in [3.8, 4) is 17.2 Å². The molecule has 3 aromatic rings. The van der Waals surface area contributed by atoms with Crippen LogP contribution in [0.2, 0.25) is 0 Å². The number of methoxy groups -OCH3 is 2. The maximum Gasteiger partial charge on any atom is 0.271 e. The van der Waals surface area contributed by atoms with Crippen molar-refractivity contribution in [1.29, 1.82) is 0 Å². The van der Waals surface area contributed by atoms with Gasteiger partial charge in [0.2, 0.25) is 0 Å². The number of carbonyl (C=O) groups excluding carboxylic acids is 2. The molecule has 0 spiro atoms. The molecule has 0 radical (unpaired) electrons.